The zero-order valence-electron chi connectivity index (χ0n) is 22.5. The van der Waals surface area contributed by atoms with Crippen LogP contribution in [0.2, 0.25) is 0 Å². The molecule has 2 heterocycles. The van der Waals surface area contributed by atoms with Gasteiger partial charge in [0, 0.05) is 31.3 Å². The Morgan fingerprint density at radius 3 is 2.50 bits per heavy atom. The Labute approximate surface area is 234 Å². The molecule has 1 unspecified atom stereocenters. The van der Waals surface area contributed by atoms with Crippen LogP contribution < -0.4 is 11.1 Å². The Balaban J connectivity index is 1.51. The largest absolute Gasteiger partial charge is 0.443 e. The number of ether oxygens (including phenoxy) is 3. The maximum atomic E-state index is 13.6. The van der Waals surface area contributed by atoms with Gasteiger partial charge in [0.2, 0.25) is 10.0 Å². The van der Waals surface area contributed by atoms with Gasteiger partial charge < -0.3 is 25.3 Å². The third-order valence-electron chi connectivity index (χ3n) is 7.03. The number of nitro groups is 1. The van der Waals surface area contributed by atoms with Crippen LogP contribution in [0, 0.1) is 22.0 Å². The van der Waals surface area contributed by atoms with Crippen LogP contribution in [0.15, 0.2) is 59.5 Å². The minimum Gasteiger partial charge on any atom is -0.443 e. The number of carbonyl (C=O) groups excluding carboxylic acids is 1. The van der Waals surface area contributed by atoms with Crippen LogP contribution in [-0.2, 0) is 30.7 Å². The highest BCUT2D eigenvalue weighted by Gasteiger charge is 2.44. The molecule has 0 aromatic heterocycles. The van der Waals surface area contributed by atoms with Crippen molar-refractivity contribution >= 4 is 21.8 Å². The number of carbonyl (C=O) groups is 1. The van der Waals surface area contributed by atoms with E-state index in [0.29, 0.717) is 13.0 Å². The van der Waals surface area contributed by atoms with Crippen LogP contribution in [-0.4, -0.2) is 74.5 Å². The summed E-state index contributed by atoms with van der Waals surface area (Å²) in [6, 6.07) is 12.7. The molecule has 0 bridgehead atoms. The summed E-state index contributed by atoms with van der Waals surface area (Å²) in [6.07, 6.45) is -0.387. The molecule has 0 saturated carbocycles. The number of non-ortho nitro benzene ring substituents is 1. The smallest absolute Gasteiger partial charge is 0.407 e. The maximum absolute atomic E-state index is 13.6. The van der Waals surface area contributed by atoms with Crippen LogP contribution in [0.5, 0.6) is 0 Å². The highest BCUT2D eigenvalue weighted by Crippen LogP contribution is 2.33. The monoisotopic (exact) mass is 576 g/mol. The van der Waals surface area contributed by atoms with Gasteiger partial charge in [-0.25, -0.2) is 13.2 Å². The number of alkyl carbamates (subject to hydrolysis) is 1. The summed E-state index contributed by atoms with van der Waals surface area (Å²) in [7, 11) is -4.04. The molecule has 13 heteroatoms. The SMILES string of the molecule is CC(C)CN(C[C@@H](N)[C@H](Cc1ccccc1)NC(=O)OC1CO[C@H]2OCC[C@@H]12)S(=O)(=O)c1ccc([N+](=O)[O-])cc1. The fourth-order valence-electron chi connectivity index (χ4n) is 4.98. The van der Waals surface area contributed by atoms with Gasteiger partial charge >= 0.3 is 6.09 Å². The van der Waals surface area contributed by atoms with Gasteiger partial charge in [-0.1, -0.05) is 44.2 Å². The summed E-state index contributed by atoms with van der Waals surface area (Å²) in [4.78, 5) is 23.4. The number of benzene rings is 2. The summed E-state index contributed by atoms with van der Waals surface area (Å²) < 4.78 is 45.2. The Kier molecular flexibility index (Phi) is 9.74. The molecule has 0 radical (unpaired) electrons. The molecule has 218 valence electrons. The number of sulfonamides is 1. The molecule has 2 aromatic carbocycles. The molecule has 4 rings (SSSR count). The molecule has 2 saturated heterocycles. The summed E-state index contributed by atoms with van der Waals surface area (Å²) >= 11 is 0. The van der Waals surface area contributed by atoms with Gasteiger partial charge in [-0.05, 0) is 36.5 Å². The summed E-state index contributed by atoms with van der Waals surface area (Å²) in [5.74, 6) is -0.0603. The molecule has 12 nitrogen and oxygen atoms in total. The number of nitrogens with zero attached hydrogens (tertiary/aromatic N) is 2. The fourth-order valence-corrected chi connectivity index (χ4v) is 6.62. The Hall–Kier alpha value is -3.10. The third-order valence-corrected chi connectivity index (χ3v) is 8.88. The number of nitrogens with one attached hydrogen (secondary N) is 1. The second-order valence-electron chi connectivity index (χ2n) is 10.5. The predicted octanol–water partition coefficient (Wildman–Crippen LogP) is 2.67. The van der Waals surface area contributed by atoms with Crippen molar-refractivity contribution in [3.63, 3.8) is 0 Å². The van der Waals surface area contributed by atoms with Crippen molar-refractivity contribution in [3.8, 4) is 0 Å². The summed E-state index contributed by atoms with van der Waals surface area (Å²) in [6.45, 7) is 4.62. The molecule has 2 aromatic rings. The number of fused-ring (bicyclic) bond motifs is 1. The first kappa shape index (κ1) is 29.9. The first-order chi connectivity index (χ1) is 19.0. The van der Waals surface area contributed by atoms with Crippen molar-refractivity contribution in [2.75, 3.05) is 26.3 Å². The number of rotatable bonds is 12. The van der Waals surface area contributed by atoms with E-state index in [2.05, 4.69) is 5.32 Å². The van der Waals surface area contributed by atoms with E-state index in [9.17, 15) is 23.3 Å². The van der Waals surface area contributed by atoms with Gasteiger partial charge in [-0.3, -0.25) is 10.1 Å². The van der Waals surface area contributed by atoms with Crippen molar-refractivity contribution in [3.05, 3.63) is 70.3 Å². The van der Waals surface area contributed by atoms with Crippen LogP contribution >= 0.6 is 0 Å². The fraction of sp³-hybridized carbons (Fsp3) is 0.519. The average molecular weight is 577 g/mol. The lowest BCUT2D eigenvalue weighted by Gasteiger charge is -2.31. The minimum atomic E-state index is -4.04. The molecule has 0 aliphatic carbocycles. The standard InChI is InChI=1S/C27H36N4O8S/c1-18(2)15-30(40(35,36)21-10-8-20(9-11-21)31(33)34)16-23(28)24(14-19-6-4-3-5-7-19)29-27(32)39-25-17-38-26-22(25)12-13-37-26/h3-11,18,22-26H,12-17,28H2,1-2H3,(H,29,32)/t22-,23+,24-,25?,26+/m0/s1. The van der Waals surface area contributed by atoms with E-state index in [0.717, 1.165) is 24.1 Å². The van der Waals surface area contributed by atoms with E-state index in [-0.39, 0.29) is 48.4 Å². The number of amides is 1. The molecular formula is C27H36N4O8S. The van der Waals surface area contributed by atoms with Gasteiger partial charge in [0.15, 0.2) is 6.29 Å². The minimum absolute atomic E-state index is 0.0274. The topological polar surface area (TPSA) is 163 Å². The van der Waals surface area contributed by atoms with Crippen molar-refractivity contribution < 1.29 is 32.3 Å². The third kappa shape index (κ3) is 7.34. The second-order valence-corrected chi connectivity index (χ2v) is 12.5. The zero-order valence-corrected chi connectivity index (χ0v) is 23.4. The number of nitrogens with two attached hydrogens (primary N) is 1. The summed E-state index contributed by atoms with van der Waals surface area (Å²) in [5.41, 5.74) is 7.31. The van der Waals surface area contributed by atoms with E-state index in [1.165, 1.54) is 16.4 Å². The number of hydrogen-bond donors (Lipinski definition) is 2. The van der Waals surface area contributed by atoms with Crippen molar-refractivity contribution in [1.29, 1.82) is 0 Å². The molecule has 2 fully saturated rings. The van der Waals surface area contributed by atoms with Crippen LogP contribution in [0.3, 0.4) is 0 Å². The lowest BCUT2D eigenvalue weighted by atomic mass is 9.99. The molecule has 2 aliphatic rings. The van der Waals surface area contributed by atoms with E-state index in [4.69, 9.17) is 19.9 Å². The van der Waals surface area contributed by atoms with Crippen LogP contribution in [0.25, 0.3) is 0 Å². The molecule has 1 amide bonds. The zero-order chi connectivity index (χ0) is 28.9. The van der Waals surface area contributed by atoms with Crippen molar-refractivity contribution in [2.24, 2.45) is 17.6 Å². The van der Waals surface area contributed by atoms with Gasteiger partial charge in [0.1, 0.15) is 6.10 Å². The summed E-state index contributed by atoms with van der Waals surface area (Å²) in [5, 5.41) is 13.9. The molecule has 5 atom stereocenters. The highest BCUT2D eigenvalue weighted by atomic mass is 32.2. The van der Waals surface area contributed by atoms with Gasteiger partial charge in [0.25, 0.3) is 5.69 Å². The van der Waals surface area contributed by atoms with E-state index in [1.54, 1.807) is 0 Å². The van der Waals surface area contributed by atoms with Crippen LogP contribution in [0.1, 0.15) is 25.8 Å². The number of hydrogen-bond acceptors (Lipinski definition) is 9. The Bertz CT molecular complexity index is 1260. The first-order valence-corrected chi connectivity index (χ1v) is 14.7. The van der Waals surface area contributed by atoms with Gasteiger partial charge in [0.05, 0.1) is 35.0 Å². The number of nitro benzene ring substituents is 1. The van der Waals surface area contributed by atoms with Crippen molar-refractivity contribution in [2.45, 2.75) is 56.1 Å². The lowest BCUT2D eigenvalue weighted by Crippen LogP contribution is -2.55. The van der Waals surface area contributed by atoms with E-state index < -0.39 is 39.2 Å². The molecule has 40 heavy (non-hydrogen) atoms. The molecule has 0 spiro atoms. The van der Waals surface area contributed by atoms with E-state index in [1.807, 2.05) is 44.2 Å². The van der Waals surface area contributed by atoms with Gasteiger partial charge in [-0.2, -0.15) is 4.31 Å². The lowest BCUT2D eigenvalue weighted by molar-refractivity contribution is -0.384. The van der Waals surface area contributed by atoms with Crippen molar-refractivity contribution in [1.82, 2.24) is 9.62 Å². The Morgan fingerprint density at radius 1 is 1.15 bits per heavy atom. The van der Waals surface area contributed by atoms with E-state index >= 15 is 0 Å². The van der Waals surface area contributed by atoms with Gasteiger partial charge in [-0.15, -0.1) is 0 Å². The normalized spacial score (nSPS) is 22.2. The van der Waals surface area contributed by atoms with Crippen LogP contribution in [0.4, 0.5) is 10.5 Å². The maximum Gasteiger partial charge on any atom is 0.407 e. The Morgan fingerprint density at radius 2 is 1.85 bits per heavy atom. The second kappa shape index (κ2) is 13.0. The molecule has 3 N–H and O–H groups in total. The molecule has 2 aliphatic heterocycles. The quantitative estimate of drug-likeness (QED) is 0.286. The molecular weight excluding hydrogens is 540 g/mol. The highest BCUT2D eigenvalue weighted by molar-refractivity contribution is 7.89. The first-order valence-electron chi connectivity index (χ1n) is 13.3. The predicted molar refractivity (Wildman–Crippen MR) is 146 cm³/mol. The average Bonchev–Trinajstić information content (AvgIpc) is 3.53.